The fraction of sp³-hybridized carbons (Fsp3) is 0.316. The van der Waals surface area contributed by atoms with Crippen molar-refractivity contribution in [2.24, 2.45) is 0 Å². The summed E-state index contributed by atoms with van der Waals surface area (Å²) in [4.78, 5) is 13.9. The first kappa shape index (κ1) is 18.5. The van der Waals surface area contributed by atoms with E-state index in [2.05, 4.69) is 4.72 Å². The summed E-state index contributed by atoms with van der Waals surface area (Å²) in [6.07, 6.45) is 0.0414. The van der Waals surface area contributed by atoms with E-state index in [9.17, 15) is 17.6 Å². The van der Waals surface area contributed by atoms with E-state index >= 15 is 0 Å². The number of hydrogen-bond donors (Lipinski definition) is 1. The van der Waals surface area contributed by atoms with Gasteiger partial charge in [-0.1, -0.05) is 23.8 Å². The molecule has 1 atom stereocenters. The van der Waals surface area contributed by atoms with Crippen LogP contribution in [-0.2, 0) is 14.8 Å². The summed E-state index contributed by atoms with van der Waals surface area (Å²) in [5.74, 6) is -0.675. The van der Waals surface area contributed by atoms with Crippen molar-refractivity contribution >= 4 is 21.6 Å². The van der Waals surface area contributed by atoms with Gasteiger partial charge in [-0.05, 0) is 50.1 Å². The van der Waals surface area contributed by atoms with Gasteiger partial charge in [-0.15, -0.1) is 0 Å². The topological polar surface area (TPSA) is 66.5 Å². The molecule has 0 bridgehead atoms. The van der Waals surface area contributed by atoms with Gasteiger partial charge in [-0.3, -0.25) is 4.79 Å². The molecule has 1 aliphatic rings. The van der Waals surface area contributed by atoms with Crippen LogP contribution in [-0.4, -0.2) is 26.9 Å². The average Bonchev–Trinajstić information content (AvgIpc) is 2.85. The zero-order valence-corrected chi connectivity index (χ0v) is 15.7. The molecule has 0 saturated carbocycles. The summed E-state index contributed by atoms with van der Waals surface area (Å²) in [5, 5.41) is 0. The van der Waals surface area contributed by atoms with E-state index < -0.39 is 21.9 Å². The third-order valence-corrected chi connectivity index (χ3v) is 6.27. The highest BCUT2D eigenvalue weighted by molar-refractivity contribution is 7.89. The molecule has 0 aromatic heterocycles. The van der Waals surface area contributed by atoms with Crippen molar-refractivity contribution in [2.45, 2.75) is 38.1 Å². The maximum absolute atomic E-state index is 13.4. The molecule has 7 heteroatoms. The first-order chi connectivity index (χ1) is 12.2. The van der Waals surface area contributed by atoms with Crippen LogP contribution < -0.4 is 9.62 Å². The molecule has 3 rings (SSSR count). The van der Waals surface area contributed by atoms with E-state index in [1.54, 1.807) is 19.9 Å². The smallest absolute Gasteiger partial charge is 0.241 e. The molecule has 1 N–H and O–H groups in total. The molecule has 2 aromatic carbocycles. The predicted molar refractivity (Wildman–Crippen MR) is 98.1 cm³/mol. The average molecular weight is 376 g/mol. The number of amides is 1. The van der Waals surface area contributed by atoms with Crippen molar-refractivity contribution in [3.05, 3.63) is 58.9 Å². The SMILES string of the molecule is Cc1cc(C)c(S(=O)(=O)N[C@@H]2CC(=O)N(c3cccc(F)c3)C2)c(C)c1. The Morgan fingerprint density at radius 1 is 1.12 bits per heavy atom. The predicted octanol–water partition coefficient (Wildman–Crippen LogP) is 2.83. The Morgan fingerprint density at radius 2 is 1.77 bits per heavy atom. The van der Waals surface area contributed by atoms with E-state index in [0.29, 0.717) is 16.8 Å². The molecule has 1 aliphatic heterocycles. The molecule has 26 heavy (non-hydrogen) atoms. The summed E-state index contributed by atoms with van der Waals surface area (Å²) >= 11 is 0. The molecule has 0 radical (unpaired) electrons. The second kappa shape index (κ2) is 6.81. The Balaban J connectivity index is 1.83. The van der Waals surface area contributed by atoms with E-state index in [-0.39, 0.29) is 23.8 Å². The lowest BCUT2D eigenvalue weighted by Crippen LogP contribution is -2.37. The number of nitrogens with zero attached hydrogens (tertiary/aromatic N) is 1. The highest BCUT2D eigenvalue weighted by Gasteiger charge is 2.34. The fourth-order valence-electron chi connectivity index (χ4n) is 3.55. The van der Waals surface area contributed by atoms with Crippen molar-refractivity contribution in [3.63, 3.8) is 0 Å². The summed E-state index contributed by atoms with van der Waals surface area (Å²) in [6.45, 7) is 5.60. The van der Waals surface area contributed by atoms with Crippen LogP contribution >= 0.6 is 0 Å². The normalized spacial score (nSPS) is 17.8. The summed E-state index contributed by atoms with van der Waals surface area (Å²) in [6, 6.07) is 8.80. The molecule has 1 fully saturated rings. The van der Waals surface area contributed by atoms with Crippen molar-refractivity contribution < 1.29 is 17.6 Å². The van der Waals surface area contributed by atoms with Crippen LogP contribution in [0.4, 0.5) is 10.1 Å². The van der Waals surface area contributed by atoms with E-state index in [1.165, 1.54) is 23.1 Å². The minimum Gasteiger partial charge on any atom is -0.311 e. The number of rotatable bonds is 4. The van der Waals surface area contributed by atoms with Crippen molar-refractivity contribution in [3.8, 4) is 0 Å². The van der Waals surface area contributed by atoms with Gasteiger partial charge in [0, 0.05) is 24.7 Å². The van der Waals surface area contributed by atoms with E-state index in [4.69, 9.17) is 0 Å². The Hall–Kier alpha value is -2.25. The van der Waals surface area contributed by atoms with Crippen LogP contribution in [0.25, 0.3) is 0 Å². The largest absolute Gasteiger partial charge is 0.311 e. The van der Waals surface area contributed by atoms with Crippen LogP contribution in [0.15, 0.2) is 41.3 Å². The minimum absolute atomic E-state index is 0.0414. The Kier molecular flexibility index (Phi) is 4.86. The fourth-order valence-corrected chi connectivity index (χ4v) is 5.23. The van der Waals surface area contributed by atoms with Gasteiger partial charge >= 0.3 is 0 Å². The van der Waals surface area contributed by atoms with Crippen LogP contribution in [0.2, 0.25) is 0 Å². The standard InChI is InChI=1S/C19H21FN2O3S/c1-12-7-13(2)19(14(3)8-12)26(24,25)21-16-10-18(23)22(11-16)17-6-4-5-15(20)9-17/h4-9,16,21H,10-11H2,1-3H3/t16-/m1/s1. The third kappa shape index (κ3) is 3.64. The Bertz CT molecular complexity index is 949. The van der Waals surface area contributed by atoms with Gasteiger partial charge in [-0.2, -0.15) is 0 Å². The number of hydrogen-bond acceptors (Lipinski definition) is 3. The van der Waals surface area contributed by atoms with Gasteiger partial charge < -0.3 is 4.90 Å². The second-order valence-corrected chi connectivity index (χ2v) is 8.39. The van der Waals surface area contributed by atoms with Crippen molar-refractivity contribution in [1.29, 1.82) is 0 Å². The van der Waals surface area contributed by atoms with Crippen molar-refractivity contribution in [2.75, 3.05) is 11.4 Å². The molecule has 138 valence electrons. The minimum atomic E-state index is -3.76. The zero-order chi connectivity index (χ0) is 19.1. The summed E-state index contributed by atoms with van der Waals surface area (Å²) in [5.41, 5.74) is 2.76. The molecule has 0 spiro atoms. The van der Waals surface area contributed by atoms with Gasteiger partial charge in [0.15, 0.2) is 0 Å². The third-order valence-electron chi connectivity index (χ3n) is 4.44. The van der Waals surface area contributed by atoms with E-state index in [0.717, 1.165) is 5.56 Å². The van der Waals surface area contributed by atoms with E-state index in [1.807, 2.05) is 19.1 Å². The maximum Gasteiger partial charge on any atom is 0.241 e. The lowest BCUT2D eigenvalue weighted by Gasteiger charge is -2.18. The molecule has 0 unspecified atom stereocenters. The lowest BCUT2D eigenvalue weighted by atomic mass is 10.1. The van der Waals surface area contributed by atoms with Crippen LogP contribution in [0.3, 0.4) is 0 Å². The molecular weight excluding hydrogens is 355 g/mol. The molecule has 1 heterocycles. The van der Waals surface area contributed by atoms with Crippen LogP contribution in [0.1, 0.15) is 23.1 Å². The summed E-state index contributed by atoms with van der Waals surface area (Å²) in [7, 11) is -3.76. The second-order valence-electron chi connectivity index (χ2n) is 6.73. The first-order valence-corrected chi connectivity index (χ1v) is 9.82. The molecule has 5 nitrogen and oxygen atoms in total. The Morgan fingerprint density at radius 3 is 2.38 bits per heavy atom. The van der Waals surface area contributed by atoms with Gasteiger partial charge in [0.25, 0.3) is 0 Å². The van der Waals surface area contributed by atoms with Gasteiger partial charge in [-0.25, -0.2) is 17.5 Å². The summed E-state index contributed by atoms with van der Waals surface area (Å²) < 4.78 is 41.7. The zero-order valence-electron chi connectivity index (χ0n) is 14.9. The molecular formula is C19H21FN2O3S. The van der Waals surface area contributed by atoms with Crippen LogP contribution in [0, 0.1) is 26.6 Å². The number of nitrogens with one attached hydrogen (secondary N) is 1. The maximum atomic E-state index is 13.4. The molecule has 1 saturated heterocycles. The molecule has 0 aliphatic carbocycles. The monoisotopic (exact) mass is 376 g/mol. The lowest BCUT2D eigenvalue weighted by molar-refractivity contribution is -0.117. The molecule has 2 aromatic rings. The van der Waals surface area contributed by atoms with Gasteiger partial charge in [0.05, 0.1) is 4.90 Å². The number of aryl methyl sites for hydroxylation is 3. The highest BCUT2D eigenvalue weighted by atomic mass is 32.2. The van der Waals surface area contributed by atoms with Gasteiger partial charge in [0.2, 0.25) is 15.9 Å². The number of halogens is 1. The quantitative estimate of drug-likeness (QED) is 0.892. The highest BCUT2D eigenvalue weighted by Crippen LogP contribution is 2.25. The number of sulfonamides is 1. The number of carbonyl (C=O) groups excluding carboxylic acids is 1. The molecule has 1 amide bonds. The van der Waals surface area contributed by atoms with Crippen LogP contribution in [0.5, 0.6) is 0 Å². The number of anilines is 1. The van der Waals surface area contributed by atoms with Gasteiger partial charge in [0.1, 0.15) is 5.82 Å². The Labute approximate surface area is 152 Å². The van der Waals surface area contributed by atoms with Crippen molar-refractivity contribution in [1.82, 2.24) is 4.72 Å². The number of benzene rings is 2. The number of carbonyl (C=O) groups is 1. The first-order valence-electron chi connectivity index (χ1n) is 8.33.